The Labute approximate surface area is 85.1 Å². The van der Waals surface area contributed by atoms with Crippen molar-refractivity contribution < 1.29 is 0 Å². The van der Waals surface area contributed by atoms with E-state index in [1.807, 2.05) is 37.4 Å². The first kappa shape index (κ1) is 8.51. The van der Waals surface area contributed by atoms with Crippen molar-refractivity contribution >= 4 is 15.9 Å². The molecule has 0 bridgehead atoms. The molecule has 0 radical (unpaired) electrons. The first-order chi connectivity index (χ1) is 6.25. The summed E-state index contributed by atoms with van der Waals surface area (Å²) < 4.78 is 1.08. The Bertz CT molecular complexity index is 403. The van der Waals surface area contributed by atoms with E-state index in [-0.39, 0.29) is 0 Å². The number of aromatic amines is 1. The molecule has 1 heterocycles. The molecular weight excluding hydrogens is 228 g/mol. The van der Waals surface area contributed by atoms with E-state index in [1.54, 1.807) is 0 Å². The summed E-state index contributed by atoms with van der Waals surface area (Å²) in [5.41, 5.74) is 2.12. The second kappa shape index (κ2) is 3.34. The largest absolute Gasteiger partial charge is 0.344 e. The van der Waals surface area contributed by atoms with Crippen LogP contribution in [0.1, 0.15) is 5.69 Å². The first-order valence-corrected chi connectivity index (χ1v) is 4.83. The highest BCUT2D eigenvalue weighted by Gasteiger charge is 1.99. The minimum atomic E-state index is 0.921. The summed E-state index contributed by atoms with van der Waals surface area (Å²) in [5.74, 6) is 0.921. The van der Waals surface area contributed by atoms with Crippen molar-refractivity contribution in [3.05, 3.63) is 40.6 Å². The normalized spacial score (nSPS) is 10.3. The summed E-state index contributed by atoms with van der Waals surface area (Å²) in [5, 5.41) is 0. The van der Waals surface area contributed by atoms with Crippen LogP contribution >= 0.6 is 15.9 Å². The fourth-order valence-corrected chi connectivity index (χ4v) is 1.43. The Hall–Kier alpha value is -1.09. The molecule has 13 heavy (non-hydrogen) atoms. The van der Waals surface area contributed by atoms with Crippen molar-refractivity contribution in [1.82, 2.24) is 9.97 Å². The van der Waals surface area contributed by atoms with E-state index in [4.69, 9.17) is 0 Å². The topological polar surface area (TPSA) is 28.7 Å². The van der Waals surface area contributed by atoms with E-state index in [9.17, 15) is 0 Å². The zero-order valence-electron chi connectivity index (χ0n) is 7.21. The third kappa shape index (κ3) is 1.80. The Morgan fingerprint density at radius 2 is 1.92 bits per heavy atom. The summed E-state index contributed by atoms with van der Waals surface area (Å²) in [6, 6.07) is 8.07. The summed E-state index contributed by atoms with van der Waals surface area (Å²) in [7, 11) is 0. The second-order valence-corrected chi connectivity index (χ2v) is 3.81. The summed E-state index contributed by atoms with van der Waals surface area (Å²) in [6.07, 6.45) is 1.90. The quantitative estimate of drug-likeness (QED) is 0.810. The fraction of sp³-hybridized carbons (Fsp3) is 0.100. The second-order valence-electron chi connectivity index (χ2n) is 2.90. The molecule has 1 aromatic carbocycles. The highest BCUT2D eigenvalue weighted by Crippen LogP contribution is 2.18. The van der Waals surface area contributed by atoms with Crippen LogP contribution in [0.15, 0.2) is 34.9 Å². The van der Waals surface area contributed by atoms with Crippen molar-refractivity contribution in [1.29, 1.82) is 0 Å². The molecule has 0 aliphatic rings. The van der Waals surface area contributed by atoms with Gasteiger partial charge < -0.3 is 4.98 Å². The van der Waals surface area contributed by atoms with E-state index in [2.05, 4.69) is 25.9 Å². The molecule has 0 spiro atoms. The van der Waals surface area contributed by atoms with Gasteiger partial charge in [-0.05, 0) is 19.1 Å². The number of hydrogen-bond acceptors (Lipinski definition) is 1. The number of halogens is 1. The molecule has 0 amide bonds. The van der Waals surface area contributed by atoms with Gasteiger partial charge in [-0.1, -0.05) is 28.1 Å². The van der Waals surface area contributed by atoms with Gasteiger partial charge in [0.15, 0.2) is 0 Å². The average Bonchev–Trinajstić information content (AvgIpc) is 2.53. The van der Waals surface area contributed by atoms with Crippen LogP contribution in [0.3, 0.4) is 0 Å². The van der Waals surface area contributed by atoms with E-state index >= 15 is 0 Å². The maximum atomic E-state index is 4.34. The molecule has 0 saturated heterocycles. The van der Waals surface area contributed by atoms with E-state index in [0.717, 1.165) is 21.6 Å². The number of nitrogens with one attached hydrogen (secondary N) is 1. The number of benzene rings is 1. The van der Waals surface area contributed by atoms with Gasteiger partial charge in [0.1, 0.15) is 5.82 Å². The molecule has 2 nitrogen and oxygen atoms in total. The smallest absolute Gasteiger partial charge is 0.137 e. The number of aryl methyl sites for hydroxylation is 1. The van der Waals surface area contributed by atoms with Crippen LogP contribution < -0.4 is 0 Å². The molecule has 0 fully saturated rings. The zero-order valence-corrected chi connectivity index (χ0v) is 8.80. The van der Waals surface area contributed by atoms with Crippen LogP contribution in [0.25, 0.3) is 11.4 Å². The number of rotatable bonds is 1. The van der Waals surface area contributed by atoms with Crippen molar-refractivity contribution in [3.8, 4) is 11.4 Å². The predicted octanol–water partition coefficient (Wildman–Crippen LogP) is 3.15. The van der Waals surface area contributed by atoms with Crippen LogP contribution in [0.5, 0.6) is 0 Å². The van der Waals surface area contributed by atoms with E-state index in [0.29, 0.717) is 0 Å². The Balaban J connectivity index is 2.41. The van der Waals surface area contributed by atoms with Crippen LogP contribution in [0, 0.1) is 6.92 Å². The lowest BCUT2D eigenvalue weighted by Gasteiger charge is -1.95. The Morgan fingerprint density at radius 3 is 2.46 bits per heavy atom. The highest BCUT2D eigenvalue weighted by atomic mass is 79.9. The number of hydrogen-bond donors (Lipinski definition) is 1. The van der Waals surface area contributed by atoms with Gasteiger partial charge in [0, 0.05) is 16.2 Å². The highest BCUT2D eigenvalue weighted by molar-refractivity contribution is 9.10. The minimum Gasteiger partial charge on any atom is -0.344 e. The number of H-pyrrole nitrogens is 1. The molecule has 0 unspecified atom stereocenters. The van der Waals surface area contributed by atoms with Crippen LogP contribution in [0.2, 0.25) is 0 Å². The molecule has 0 aliphatic heterocycles. The molecule has 0 aliphatic carbocycles. The van der Waals surface area contributed by atoms with Crippen molar-refractivity contribution in [3.63, 3.8) is 0 Å². The Kier molecular flexibility index (Phi) is 2.19. The number of nitrogens with zero attached hydrogens (tertiary/aromatic N) is 1. The zero-order chi connectivity index (χ0) is 9.26. The molecule has 0 atom stereocenters. The van der Waals surface area contributed by atoms with E-state index < -0.39 is 0 Å². The molecule has 0 saturated carbocycles. The molecule has 1 aromatic heterocycles. The number of imidazole rings is 1. The SMILES string of the molecule is Cc1c[nH]c(-c2ccc(Br)cc2)n1. The lowest BCUT2D eigenvalue weighted by molar-refractivity contribution is 1.25. The maximum Gasteiger partial charge on any atom is 0.137 e. The van der Waals surface area contributed by atoms with Gasteiger partial charge in [-0.15, -0.1) is 0 Å². The van der Waals surface area contributed by atoms with E-state index in [1.165, 1.54) is 0 Å². The van der Waals surface area contributed by atoms with Gasteiger partial charge in [-0.2, -0.15) is 0 Å². The number of aromatic nitrogens is 2. The maximum absolute atomic E-state index is 4.34. The third-order valence-corrected chi connectivity index (χ3v) is 2.35. The van der Waals surface area contributed by atoms with Crippen LogP contribution in [0.4, 0.5) is 0 Å². The van der Waals surface area contributed by atoms with Gasteiger partial charge in [0.25, 0.3) is 0 Å². The Morgan fingerprint density at radius 1 is 1.23 bits per heavy atom. The summed E-state index contributed by atoms with van der Waals surface area (Å²) in [4.78, 5) is 7.45. The lowest BCUT2D eigenvalue weighted by Crippen LogP contribution is -1.79. The third-order valence-electron chi connectivity index (χ3n) is 1.82. The fourth-order valence-electron chi connectivity index (χ4n) is 1.17. The van der Waals surface area contributed by atoms with Crippen molar-refractivity contribution in [2.75, 3.05) is 0 Å². The molecule has 2 aromatic rings. The van der Waals surface area contributed by atoms with Gasteiger partial charge in [-0.3, -0.25) is 0 Å². The van der Waals surface area contributed by atoms with Crippen LogP contribution in [-0.2, 0) is 0 Å². The molecule has 3 heteroatoms. The van der Waals surface area contributed by atoms with Crippen molar-refractivity contribution in [2.24, 2.45) is 0 Å². The van der Waals surface area contributed by atoms with Gasteiger partial charge in [-0.25, -0.2) is 4.98 Å². The molecule has 2 rings (SSSR count). The van der Waals surface area contributed by atoms with Gasteiger partial charge in [0.2, 0.25) is 0 Å². The first-order valence-electron chi connectivity index (χ1n) is 4.03. The summed E-state index contributed by atoms with van der Waals surface area (Å²) >= 11 is 3.39. The summed E-state index contributed by atoms with van der Waals surface area (Å²) in [6.45, 7) is 1.97. The predicted molar refractivity (Wildman–Crippen MR) is 56.5 cm³/mol. The monoisotopic (exact) mass is 236 g/mol. The minimum absolute atomic E-state index is 0.921. The van der Waals surface area contributed by atoms with Crippen molar-refractivity contribution in [2.45, 2.75) is 6.92 Å². The molecule has 66 valence electrons. The van der Waals surface area contributed by atoms with Gasteiger partial charge >= 0.3 is 0 Å². The standard InChI is InChI=1S/C10H9BrN2/c1-7-6-12-10(13-7)8-2-4-9(11)5-3-8/h2-6H,1H3,(H,12,13). The average molecular weight is 237 g/mol. The molecule has 1 N–H and O–H groups in total. The lowest BCUT2D eigenvalue weighted by atomic mass is 10.2. The van der Waals surface area contributed by atoms with Gasteiger partial charge in [0.05, 0.1) is 5.69 Å². The molecular formula is C10H9BrN2. The van der Waals surface area contributed by atoms with Crippen LogP contribution in [-0.4, -0.2) is 9.97 Å².